The van der Waals surface area contributed by atoms with Gasteiger partial charge in [-0.15, -0.1) is 0 Å². The third kappa shape index (κ3) is 5.35. The molecule has 4 rings (SSSR count). The number of H-pyrrole nitrogens is 1. The van der Waals surface area contributed by atoms with E-state index in [9.17, 15) is 27.6 Å². The van der Waals surface area contributed by atoms with E-state index in [1.165, 1.54) is 11.1 Å². The Kier molecular flexibility index (Phi) is 7.00. The number of hydrogen-bond acceptors (Lipinski definition) is 6. The van der Waals surface area contributed by atoms with Gasteiger partial charge in [0.15, 0.2) is 0 Å². The number of nitrogens with one attached hydrogen (secondary N) is 2. The molecule has 0 saturated heterocycles. The minimum absolute atomic E-state index is 0.0244. The zero-order chi connectivity index (χ0) is 25.9. The van der Waals surface area contributed by atoms with E-state index < -0.39 is 35.4 Å². The van der Waals surface area contributed by atoms with E-state index in [1.807, 2.05) is 30.3 Å². The number of hydrogen-bond donors (Lipinski definition) is 2. The molecule has 3 aromatic rings. The van der Waals surface area contributed by atoms with Crippen LogP contribution in [0.5, 0.6) is 0 Å². The van der Waals surface area contributed by atoms with Gasteiger partial charge in [-0.05, 0) is 36.3 Å². The van der Waals surface area contributed by atoms with Crippen LogP contribution in [0.4, 0.5) is 18.9 Å². The minimum atomic E-state index is -4.74. The average molecular weight is 500 g/mol. The summed E-state index contributed by atoms with van der Waals surface area (Å²) in [5.74, 6) is -0.788. The fourth-order valence-electron chi connectivity index (χ4n) is 3.91. The second-order valence-electron chi connectivity index (χ2n) is 8.06. The molecule has 11 heteroatoms. The predicted molar refractivity (Wildman–Crippen MR) is 128 cm³/mol. The number of ether oxygens (including phenoxy) is 1. The first kappa shape index (κ1) is 24.8. The van der Waals surface area contributed by atoms with Gasteiger partial charge in [-0.25, -0.2) is 0 Å². The number of rotatable bonds is 7. The first-order valence-corrected chi connectivity index (χ1v) is 11.1. The van der Waals surface area contributed by atoms with Crippen molar-refractivity contribution in [2.45, 2.75) is 26.2 Å². The number of aromatic nitrogens is 2. The van der Waals surface area contributed by atoms with Gasteiger partial charge in [-0.3, -0.25) is 19.0 Å². The molecule has 0 fully saturated rings. The molecule has 8 nitrogen and oxygen atoms in total. The smallest absolute Gasteiger partial charge is 0.418 e. The summed E-state index contributed by atoms with van der Waals surface area (Å²) in [5, 5.41) is 3.15. The highest BCUT2D eigenvalue weighted by Gasteiger charge is 2.36. The summed E-state index contributed by atoms with van der Waals surface area (Å²) in [5.41, 5.74) is -1.86. The van der Waals surface area contributed by atoms with Gasteiger partial charge >= 0.3 is 23.3 Å². The van der Waals surface area contributed by atoms with Crippen molar-refractivity contribution in [2.24, 2.45) is 0 Å². The Labute approximate surface area is 203 Å². The molecule has 0 aliphatic carbocycles. The zero-order valence-corrected chi connectivity index (χ0v) is 19.3. The Morgan fingerprint density at radius 1 is 1.19 bits per heavy atom. The molecule has 0 atom stereocenters. The van der Waals surface area contributed by atoms with Crippen LogP contribution in [0.1, 0.15) is 18.1 Å². The molecule has 1 aliphatic rings. The van der Waals surface area contributed by atoms with Gasteiger partial charge < -0.3 is 19.9 Å². The zero-order valence-electron chi connectivity index (χ0n) is 19.3. The number of esters is 1. The molecule has 36 heavy (non-hydrogen) atoms. The fourth-order valence-corrected chi connectivity index (χ4v) is 3.91. The molecule has 0 unspecified atom stereocenters. The Morgan fingerprint density at radius 2 is 1.94 bits per heavy atom. The van der Waals surface area contributed by atoms with Gasteiger partial charge in [0.05, 0.1) is 28.9 Å². The summed E-state index contributed by atoms with van der Waals surface area (Å²) in [4.78, 5) is 40.2. The van der Waals surface area contributed by atoms with E-state index in [-0.39, 0.29) is 29.9 Å². The second kappa shape index (κ2) is 10.1. The number of halogens is 3. The predicted octanol–water partition coefficient (Wildman–Crippen LogP) is 3.28. The van der Waals surface area contributed by atoms with Crippen LogP contribution in [0.25, 0.3) is 11.0 Å². The fraction of sp³-hybridized carbons (Fsp3) is 0.240. The van der Waals surface area contributed by atoms with Crippen molar-refractivity contribution in [3.63, 3.8) is 0 Å². The third-order valence-corrected chi connectivity index (χ3v) is 5.56. The monoisotopic (exact) mass is 500 g/mol. The quantitative estimate of drug-likeness (QED) is 0.382. The van der Waals surface area contributed by atoms with Gasteiger partial charge in [0, 0.05) is 25.5 Å². The lowest BCUT2D eigenvalue weighted by Gasteiger charge is -2.23. The topological polar surface area (TPSA) is 96.4 Å². The van der Waals surface area contributed by atoms with Gasteiger partial charge in [0.25, 0.3) is 0 Å². The first-order valence-electron chi connectivity index (χ1n) is 11.1. The van der Waals surface area contributed by atoms with Crippen molar-refractivity contribution in [1.82, 2.24) is 14.9 Å². The number of carbonyl (C=O) groups is 1. The highest BCUT2D eigenvalue weighted by molar-refractivity contribution is 5.84. The molecule has 0 radical (unpaired) electrons. The number of benzene rings is 2. The highest BCUT2D eigenvalue weighted by atomic mass is 19.4. The number of fused-ring (bicyclic) bond motifs is 1. The van der Waals surface area contributed by atoms with Gasteiger partial charge in [-0.1, -0.05) is 30.3 Å². The minimum Gasteiger partial charge on any atom is -0.465 e. The van der Waals surface area contributed by atoms with Gasteiger partial charge in [0.1, 0.15) is 6.54 Å². The lowest BCUT2D eigenvalue weighted by molar-refractivity contribution is -0.143. The second-order valence-corrected chi connectivity index (χ2v) is 8.06. The van der Waals surface area contributed by atoms with E-state index in [1.54, 1.807) is 19.2 Å². The standard InChI is InChI=1S/C25H23F3N4O4/c1-2-36-22(33)15-32-21-11-20(18(25(26,27)28)10-19(21)30-23(34)24(32)35)31-9-8-17(14-31)13-29-12-16-6-4-3-5-7-16/h3-11,13,29H,2,12,14-15H2,1H3,(H,30,34). The molecule has 0 amide bonds. The average Bonchev–Trinajstić information content (AvgIpc) is 3.30. The number of anilines is 1. The van der Waals surface area contributed by atoms with Crippen LogP contribution in [0.3, 0.4) is 0 Å². The molecular weight excluding hydrogens is 477 g/mol. The van der Waals surface area contributed by atoms with Gasteiger partial charge in [-0.2, -0.15) is 13.2 Å². The molecule has 2 heterocycles. The molecule has 2 N–H and O–H groups in total. The Bertz CT molecular complexity index is 1460. The molecule has 1 aliphatic heterocycles. The van der Waals surface area contributed by atoms with Crippen LogP contribution >= 0.6 is 0 Å². The SMILES string of the molecule is CCOC(=O)Cn1c(=O)c(=O)[nH]c2cc(C(F)(F)F)c(N3C=CC(=CNCc4ccccc4)C3)cc21. The Balaban J connectivity index is 1.70. The van der Waals surface area contributed by atoms with Crippen molar-refractivity contribution in [3.05, 3.63) is 98.3 Å². The van der Waals surface area contributed by atoms with Crippen LogP contribution in [0.2, 0.25) is 0 Å². The highest BCUT2D eigenvalue weighted by Crippen LogP contribution is 2.39. The summed E-state index contributed by atoms with van der Waals surface area (Å²) in [6, 6.07) is 11.6. The van der Waals surface area contributed by atoms with Crippen LogP contribution in [-0.2, 0) is 28.8 Å². The summed E-state index contributed by atoms with van der Waals surface area (Å²) < 4.78 is 47.7. The summed E-state index contributed by atoms with van der Waals surface area (Å²) in [6.45, 7) is 1.70. The summed E-state index contributed by atoms with van der Waals surface area (Å²) >= 11 is 0. The maximum atomic E-state index is 14.0. The maximum Gasteiger partial charge on any atom is 0.418 e. The molecule has 0 bridgehead atoms. The first-order chi connectivity index (χ1) is 17.2. The number of nitrogens with zero attached hydrogens (tertiary/aromatic N) is 2. The summed E-state index contributed by atoms with van der Waals surface area (Å²) in [6.07, 6.45) is 0.174. The summed E-state index contributed by atoms with van der Waals surface area (Å²) in [7, 11) is 0. The van der Waals surface area contributed by atoms with Crippen molar-refractivity contribution in [3.8, 4) is 0 Å². The van der Waals surface area contributed by atoms with Gasteiger partial charge in [0.2, 0.25) is 0 Å². The molecule has 1 aromatic heterocycles. The van der Waals surface area contributed by atoms with E-state index in [0.29, 0.717) is 6.54 Å². The molecule has 0 spiro atoms. The molecule has 2 aromatic carbocycles. The Hall–Kier alpha value is -4.28. The number of alkyl halides is 3. The molecule has 0 saturated carbocycles. The van der Waals surface area contributed by atoms with Crippen molar-refractivity contribution in [1.29, 1.82) is 0 Å². The van der Waals surface area contributed by atoms with Crippen LogP contribution in [-0.4, -0.2) is 28.7 Å². The van der Waals surface area contributed by atoms with E-state index in [2.05, 4.69) is 10.3 Å². The van der Waals surface area contributed by atoms with E-state index in [4.69, 9.17) is 4.74 Å². The molecular formula is C25H23F3N4O4. The lowest BCUT2D eigenvalue weighted by atomic mass is 10.1. The number of carbonyl (C=O) groups excluding carboxylic acids is 1. The van der Waals surface area contributed by atoms with E-state index >= 15 is 0 Å². The van der Waals surface area contributed by atoms with Crippen LogP contribution in [0, 0.1) is 0 Å². The largest absolute Gasteiger partial charge is 0.465 e. The van der Waals surface area contributed by atoms with E-state index in [0.717, 1.165) is 27.8 Å². The Morgan fingerprint density at radius 3 is 2.64 bits per heavy atom. The van der Waals surface area contributed by atoms with Crippen LogP contribution < -0.4 is 21.3 Å². The maximum absolute atomic E-state index is 14.0. The van der Waals surface area contributed by atoms with Crippen molar-refractivity contribution < 1.29 is 22.7 Å². The normalized spacial score (nSPS) is 14.6. The lowest BCUT2D eigenvalue weighted by Crippen LogP contribution is -2.38. The number of aromatic amines is 1. The van der Waals surface area contributed by atoms with Crippen molar-refractivity contribution >= 4 is 22.7 Å². The van der Waals surface area contributed by atoms with Crippen LogP contribution in [0.15, 0.2) is 76.1 Å². The third-order valence-electron chi connectivity index (χ3n) is 5.56. The van der Waals surface area contributed by atoms with Crippen molar-refractivity contribution in [2.75, 3.05) is 18.1 Å². The molecule has 188 valence electrons.